The number of aliphatic imine (C=N–C) groups is 1. The quantitative estimate of drug-likeness (QED) is 0.486. The molecule has 0 aliphatic rings. The van der Waals surface area contributed by atoms with Gasteiger partial charge in [-0.15, -0.1) is 0 Å². The SMILES string of the molecule is C=Nc1ccc([Si](C)(C)C)cc1. The van der Waals surface area contributed by atoms with E-state index >= 15 is 0 Å². The van der Waals surface area contributed by atoms with Gasteiger partial charge in [0.15, 0.2) is 0 Å². The van der Waals surface area contributed by atoms with Crippen molar-refractivity contribution in [2.75, 3.05) is 0 Å². The minimum absolute atomic E-state index is 0.956. The topological polar surface area (TPSA) is 12.4 Å². The molecule has 1 aromatic carbocycles. The molecule has 1 rings (SSSR count). The molecule has 0 spiro atoms. The van der Waals surface area contributed by atoms with Crippen molar-refractivity contribution in [3.8, 4) is 0 Å². The minimum atomic E-state index is -1.13. The molecule has 0 aliphatic heterocycles. The molecule has 0 saturated carbocycles. The van der Waals surface area contributed by atoms with Crippen LogP contribution in [0.15, 0.2) is 29.3 Å². The van der Waals surface area contributed by atoms with Crippen LogP contribution in [0.5, 0.6) is 0 Å². The largest absolute Gasteiger partial charge is 0.265 e. The molecule has 0 heterocycles. The van der Waals surface area contributed by atoms with Crippen LogP contribution < -0.4 is 5.19 Å². The average molecular weight is 177 g/mol. The van der Waals surface area contributed by atoms with Gasteiger partial charge in [0, 0.05) is 0 Å². The summed E-state index contributed by atoms with van der Waals surface area (Å²) in [6.07, 6.45) is 0. The predicted octanol–water partition coefficient (Wildman–Crippen LogP) is 2.56. The average Bonchev–Trinajstić information content (AvgIpc) is 2.03. The monoisotopic (exact) mass is 177 g/mol. The zero-order valence-corrected chi connectivity index (χ0v) is 8.96. The van der Waals surface area contributed by atoms with Crippen molar-refractivity contribution in [2.24, 2.45) is 4.99 Å². The number of hydrogen-bond acceptors (Lipinski definition) is 1. The minimum Gasteiger partial charge on any atom is -0.265 e. The second-order valence-corrected chi connectivity index (χ2v) is 9.03. The Labute approximate surface area is 75.2 Å². The van der Waals surface area contributed by atoms with Crippen molar-refractivity contribution in [3.05, 3.63) is 24.3 Å². The smallest absolute Gasteiger partial charge is 0.0775 e. The van der Waals surface area contributed by atoms with Crippen LogP contribution in [0.25, 0.3) is 0 Å². The molecular formula is C10H15NSi. The van der Waals surface area contributed by atoms with Gasteiger partial charge in [0.25, 0.3) is 0 Å². The van der Waals surface area contributed by atoms with Crippen molar-refractivity contribution in [2.45, 2.75) is 19.6 Å². The molecule has 12 heavy (non-hydrogen) atoms. The van der Waals surface area contributed by atoms with Gasteiger partial charge in [-0.1, -0.05) is 37.0 Å². The molecular weight excluding hydrogens is 162 g/mol. The normalized spacial score (nSPS) is 11.2. The van der Waals surface area contributed by atoms with Gasteiger partial charge in [-0.3, -0.25) is 4.99 Å². The molecule has 0 radical (unpaired) electrons. The zero-order chi connectivity index (χ0) is 9.19. The predicted molar refractivity (Wildman–Crippen MR) is 58.6 cm³/mol. The lowest BCUT2D eigenvalue weighted by atomic mass is 10.3. The van der Waals surface area contributed by atoms with E-state index < -0.39 is 8.07 Å². The fourth-order valence-electron chi connectivity index (χ4n) is 1.07. The summed E-state index contributed by atoms with van der Waals surface area (Å²) in [6, 6.07) is 8.38. The molecule has 0 unspecified atom stereocenters. The lowest BCUT2D eigenvalue weighted by Gasteiger charge is -2.15. The summed E-state index contributed by atoms with van der Waals surface area (Å²) in [5.74, 6) is 0. The molecule has 0 amide bonds. The van der Waals surface area contributed by atoms with E-state index in [1.165, 1.54) is 5.19 Å². The first-order valence-corrected chi connectivity index (χ1v) is 7.61. The van der Waals surface area contributed by atoms with E-state index in [4.69, 9.17) is 0 Å². The Morgan fingerprint density at radius 1 is 1.08 bits per heavy atom. The highest BCUT2D eigenvalue weighted by Crippen LogP contribution is 2.10. The Kier molecular flexibility index (Phi) is 2.48. The second-order valence-electron chi connectivity index (χ2n) is 3.95. The van der Waals surface area contributed by atoms with Crippen LogP contribution in [0, 0.1) is 0 Å². The van der Waals surface area contributed by atoms with Gasteiger partial charge in [-0.2, -0.15) is 0 Å². The molecule has 0 atom stereocenters. The highest BCUT2D eigenvalue weighted by molar-refractivity contribution is 6.88. The third-order valence-corrected chi connectivity index (χ3v) is 3.98. The van der Waals surface area contributed by atoms with E-state index in [0.717, 1.165) is 5.69 Å². The highest BCUT2D eigenvalue weighted by Gasteiger charge is 2.15. The van der Waals surface area contributed by atoms with Gasteiger partial charge in [-0.25, -0.2) is 0 Å². The fraction of sp³-hybridized carbons (Fsp3) is 0.300. The second kappa shape index (κ2) is 3.23. The Hall–Kier alpha value is -0.893. The lowest BCUT2D eigenvalue weighted by Crippen LogP contribution is -2.37. The third kappa shape index (κ3) is 2.05. The van der Waals surface area contributed by atoms with Crippen molar-refractivity contribution >= 4 is 25.7 Å². The van der Waals surface area contributed by atoms with E-state index in [0.29, 0.717) is 0 Å². The van der Waals surface area contributed by atoms with Gasteiger partial charge >= 0.3 is 0 Å². The van der Waals surface area contributed by atoms with Crippen LogP contribution in [0.2, 0.25) is 19.6 Å². The molecule has 0 aliphatic carbocycles. The summed E-state index contributed by atoms with van der Waals surface area (Å²) in [7, 11) is -1.13. The Balaban J connectivity index is 3.00. The van der Waals surface area contributed by atoms with E-state index in [1.54, 1.807) is 0 Å². The zero-order valence-electron chi connectivity index (χ0n) is 7.96. The highest BCUT2D eigenvalue weighted by atomic mass is 28.3. The van der Waals surface area contributed by atoms with Crippen molar-refractivity contribution in [1.29, 1.82) is 0 Å². The summed E-state index contributed by atoms with van der Waals surface area (Å²) < 4.78 is 0. The molecule has 1 aromatic rings. The first-order valence-electron chi connectivity index (χ1n) is 4.11. The van der Waals surface area contributed by atoms with Crippen molar-refractivity contribution < 1.29 is 0 Å². The summed E-state index contributed by atoms with van der Waals surface area (Å²) in [6.45, 7) is 10.5. The molecule has 2 heteroatoms. The first kappa shape index (κ1) is 9.20. The summed E-state index contributed by atoms with van der Waals surface area (Å²) in [5.41, 5.74) is 0.956. The van der Waals surface area contributed by atoms with E-state index in [1.807, 2.05) is 12.1 Å². The van der Waals surface area contributed by atoms with Gasteiger partial charge < -0.3 is 0 Å². The molecule has 64 valence electrons. The number of hydrogen-bond donors (Lipinski definition) is 0. The Morgan fingerprint density at radius 3 is 1.92 bits per heavy atom. The van der Waals surface area contributed by atoms with E-state index in [-0.39, 0.29) is 0 Å². The maximum atomic E-state index is 3.86. The van der Waals surface area contributed by atoms with Crippen LogP contribution in [-0.2, 0) is 0 Å². The van der Waals surface area contributed by atoms with E-state index in [2.05, 4.69) is 43.5 Å². The third-order valence-electron chi connectivity index (χ3n) is 1.92. The van der Waals surface area contributed by atoms with Gasteiger partial charge in [0.2, 0.25) is 0 Å². The van der Waals surface area contributed by atoms with Crippen molar-refractivity contribution in [1.82, 2.24) is 0 Å². The number of rotatable bonds is 2. The maximum Gasteiger partial charge on any atom is 0.0775 e. The van der Waals surface area contributed by atoms with Gasteiger partial charge in [-0.05, 0) is 18.9 Å². The number of benzene rings is 1. The Bertz CT molecular complexity index is 269. The Morgan fingerprint density at radius 2 is 1.58 bits per heavy atom. The maximum absolute atomic E-state index is 3.86. The molecule has 1 nitrogen and oxygen atoms in total. The van der Waals surface area contributed by atoms with Crippen LogP contribution in [0.4, 0.5) is 5.69 Å². The fourth-order valence-corrected chi connectivity index (χ4v) is 2.23. The summed E-state index contributed by atoms with van der Waals surface area (Å²) in [4.78, 5) is 3.86. The van der Waals surface area contributed by atoms with Gasteiger partial charge in [0.05, 0.1) is 13.8 Å². The van der Waals surface area contributed by atoms with Gasteiger partial charge in [0.1, 0.15) is 0 Å². The lowest BCUT2D eigenvalue weighted by molar-refractivity contribution is 1.56. The number of nitrogens with zero attached hydrogens (tertiary/aromatic N) is 1. The van der Waals surface area contributed by atoms with Crippen LogP contribution in [-0.4, -0.2) is 14.8 Å². The van der Waals surface area contributed by atoms with Crippen LogP contribution in [0.3, 0.4) is 0 Å². The van der Waals surface area contributed by atoms with Crippen LogP contribution in [0.1, 0.15) is 0 Å². The summed E-state index contributed by atoms with van der Waals surface area (Å²) >= 11 is 0. The van der Waals surface area contributed by atoms with Crippen molar-refractivity contribution in [3.63, 3.8) is 0 Å². The molecule has 0 bridgehead atoms. The molecule has 0 N–H and O–H groups in total. The molecule has 0 aromatic heterocycles. The van der Waals surface area contributed by atoms with Crippen LogP contribution >= 0.6 is 0 Å². The molecule has 0 fully saturated rings. The summed E-state index contributed by atoms with van der Waals surface area (Å²) in [5, 5.41) is 1.47. The molecule has 0 saturated heterocycles. The first-order chi connectivity index (χ1) is 5.54. The van der Waals surface area contributed by atoms with E-state index in [9.17, 15) is 0 Å². The standard InChI is InChI=1S/C10H15NSi/c1-11-9-5-7-10(8-6-9)12(2,3)4/h5-8H,1H2,2-4H3.